The Bertz CT molecular complexity index is 2500. The van der Waals surface area contributed by atoms with Crippen LogP contribution in [0.5, 0.6) is 0 Å². The zero-order valence-electron chi connectivity index (χ0n) is 39.3. The summed E-state index contributed by atoms with van der Waals surface area (Å²) in [5.41, 5.74) is 12.0. The number of azide groups is 1. The minimum absolute atomic E-state index is 0.0743. The molecular weight excluding hydrogens is 885 g/mol. The second-order valence-electron chi connectivity index (χ2n) is 20.3. The lowest BCUT2D eigenvalue weighted by Gasteiger charge is -2.43. The fourth-order valence-corrected chi connectivity index (χ4v) is 11.3. The van der Waals surface area contributed by atoms with Gasteiger partial charge in [0.2, 0.25) is 0 Å². The van der Waals surface area contributed by atoms with Crippen molar-refractivity contribution in [2.45, 2.75) is 186 Å². The van der Waals surface area contributed by atoms with E-state index in [2.05, 4.69) is 43.9 Å². The topological polar surface area (TPSA) is 263 Å². The Morgan fingerprint density at radius 1 is 0.875 bits per heavy atom. The van der Waals surface area contributed by atoms with E-state index in [0.717, 1.165) is 14.5 Å². The van der Waals surface area contributed by atoms with Crippen LogP contribution in [0.15, 0.2) is 47.8 Å². The van der Waals surface area contributed by atoms with Crippen LogP contribution in [-0.2, 0) is 45.7 Å². The van der Waals surface area contributed by atoms with E-state index in [1.807, 2.05) is 33.9 Å². The number of aryl methyl sites for hydroxylation is 2. The first-order chi connectivity index (χ1) is 29.5. The van der Waals surface area contributed by atoms with Crippen LogP contribution in [0.2, 0.25) is 36.3 Å². The van der Waals surface area contributed by atoms with Gasteiger partial charge >= 0.3 is 11.4 Å². The van der Waals surface area contributed by atoms with Crippen LogP contribution in [-0.4, -0.2) is 91.6 Å². The third-order valence-electron chi connectivity index (χ3n) is 13.7. The summed E-state index contributed by atoms with van der Waals surface area (Å²) in [7, 11) is -9.54. The molecular formula is C41H68N8O12SSi2. The standard InChI is InChI=1S/C41H68N8O12SSi2/c1-26-21-48(32-20-28(44-45-43)29(23-50)58-32)37(53)46(34(26)51)18-16-14-13-15-17-19-47-35(52)27(2)22-49(38(47)54)36-33(60-64(11,12)40(6,7)8)41(30(42)25-62(55,56)61-41)31(59-36)24-57-63(9,10)39(3,4)5/h21-22,25,28-29,31-33,36,50H,13-20,23-24,42H2,1-12H3. The molecule has 64 heavy (non-hydrogen) atoms. The first-order valence-corrected chi connectivity index (χ1v) is 29.2. The van der Waals surface area contributed by atoms with E-state index in [1.165, 1.54) is 21.5 Å². The molecule has 0 bridgehead atoms. The van der Waals surface area contributed by atoms with E-state index in [0.29, 0.717) is 37.7 Å². The van der Waals surface area contributed by atoms with Gasteiger partial charge in [-0.2, -0.15) is 8.42 Å². The van der Waals surface area contributed by atoms with Gasteiger partial charge in [-0.25, -0.2) is 13.8 Å². The summed E-state index contributed by atoms with van der Waals surface area (Å²) >= 11 is 0. The van der Waals surface area contributed by atoms with Gasteiger partial charge < -0.3 is 29.2 Å². The number of nitrogens with zero attached hydrogens (tertiary/aromatic N) is 7. The van der Waals surface area contributed by atoms with Crippen LogP contribution in [0, 0.1) is 13.8 Å². The molecule has 2 saturated heterocycles. The molecule has 5 heterocycles. The fraction of sp³-hybridized carbons (Fsp3) is 0.756. The van der Waals surface area contributed by atoms with Gasteiger partial charge in [0, 0.05) is 47.9 Å². The van der Waals surface area contributed by atoms with Gasteiger partial charge in [0.1, 0.15) is 18.4 Å². The smallest absolute Gasteiger partial charge is 0.333 e. The fourth-order valence-electron chi connectivity index (χ4n) is 7.82. The average molecular weight is 953 g/mol. The third-order valence-corrected chi connectivity index (χ3v) is 23.7. The zero-order valence-corrected chi connectivity index (χ0v) is 42.1. The lowest BCUT2D eigenvalue weighted by molar-refractivity contribution is -0.0567. The lowest BCUT2D eigenvalue weighted by atomic mass is 9.89. The van der Waals surface area contributed by atoms with Crippen LogP contribution >= 0.6 is 0 Å². The van der Waals surface area contributed by atoms with Crippen molar-refractivity contribution in [3.05, 3.63) is 86.7 Å². The van der Waals surface area contributed by atoms with Crippen molar-refractivity contribution < 1.29 is 36.0 Å². The normalized spacial score (nSPS) is 26.1. The summed E-state index contributed by atoms with van der Waals surface area (Å²) in [6, 6.07) is -0.665. The van der Waals surface area contributed by atoms with E-state index < -0.39 is 98.3 Å². The Kier molecular flexibility index (Phi) is 15.2. The molecule has 23 heteroatoms. The van der Waals surface area contributed by atoms with Crippen LogP contribution in [0.4, 0.5) is 0 Å². The van der Waals surface area contributed by atoms with Crippen molar-refractivity contribution in [3.63, 3.8) is 0 Å². The van der Waals surface area contributed by atoms with Crippen molar-refractivity contribution in [2.24, 2.45) is 10.8 Å². The maximum absolute atomic E-state index is 14.5. The number of aliphatic hydroxyl groups is 1. The predicted molar refractivity (Wildman–Crippen MR) is 245 cm³/mol. The number of ether oxygens (including phenoxy) is 2. The quantitative estimate of drug-likeness (QED) is 0.0541. The number of aliphatic hydroxyl groups excluding tert-OH is 1. The largest absolute Gasteiger partial charge is 0.414 e. The SMILES string of the molecule is Cc1cn(C2CC(N=[N+]=[N-])C(CO)O2)c(=O)n(CCCCCCCn2c(=O)c(C)cn(C3OC(CO[Si](C)(C)C(C)(C)C)C4(OS(=O)(=O)C=C4N)C3O[Si](C)(C)C(C)(C)C)c2=O)c1=O. The highest BCUT2D eigenvalue weighted by atomic mass is 32.2. The molecule has 2 aromatic rings. The summed E-state index contributed by atoms with van der Waals surface area (Å²) in [6.07, 6.45) is 0.652. The number of hydrogen-bond donors (Lipinski definition) is 2. The van der Waals surface area contributed by atoms with Crippen LogP contribution in [0.3, 0.4) is 0 Å². The summed E-state index contributed by atoms with van der Waals surface area (Å²) < 4.78 is 63.4. The lowest BCUT2D eigenvalue weighted by Crippen LogP contribution is -2.59. The third kappa shape index (κ3) is 10.2. The van der Waals surface area contributed by atoms with Gasteiger partial charge in [0.25, 0.3) is 21.2 Å². The van der Waals surface area contributed by atoms with Crippen molar-refractivity contribution in [2.75, 3.05) is 13.2 Å². The molecule has 1 spiro atoms. The predicted octanol–water partition coefficient (Wildman–Crippen LogP) is 4.77. The van der Waals surface area contributed by atoms with Gasteiger partial charge in [-0.3, -0.25) is 27.9 Å². The number of rotatable bonds is 17. The first-order valence-electron chi connectivity index (χ1n) is 21.9. The molecule has 2 fully saturated rings. The van der Waals surface area contributed by atoms with E-state index in [-0.39, 0.29) is 47.5 Å². The van der Waals surface area contributed by atoms with Crippen LogP contribution in [0.25, 0.3) is 10.4 Å². The monoisotopic (exact) mass is 952 g/mol. The molecule has 3 aliphatic rings. The van der Waals surface area contributed by atoms with E-state index in [1.54, 1.807) is 13.8 Å². The number of aromatic nitrogens is 4. The maximum atomic E-state index is 14.5. The summed E-state index contributed by atoms with van der Waals surface area (Å²) in [5, 5.41) is 13.7. The molecule has 3 N–H and O–H groups in total. The van der Waals surface area contributed by atoms with Crippen molar-refractivity contribution in [1.29, 1.82) is 0 Å². The first kappa shape index (κ1) is 51.3. The second kappa shape index (κ2) is 18.9. The Morgan fingerprint density at radius 2 is 1.39 bits per heavy atom. The van der Waals surface area contributed by atoms with Crippen molar-refractivity contribution in [1.82, 2.24) is 18.3 Å². The summed E-state index contributed by atoms with van der Waals surface area (Å²) in [5.74, 6) is 0. The molecule has 0 amide bonds. The number of unbranched alkanes of at least 4 members (excludes halogenated alkanes) is 4. The zero-order chi connectivity index (χ0) is 48.0. The van der Waals surface area contributed by atoms with E-state index in [4.69, 9.17) is 33.8 Å². The average Bonchev–Trinajstić information content (AvgIpc) is 3.80. The van der Waals surface area contributed by atoms with E-state index in [9.17, 15) is 32.7 Å². The van der Waals surface area contributed by atoms with E-state index >= 15 is 0 Å². The highest BCUT2D eigenvalue weighted by Gasteiger charge is 2.67. The molecule has 7 unspecified atom stereocenters. The van der Waals surface area contributed by atoms with Crippen LogP contribution < -0.4 is 28.2 Å². The molecule has 7 atom stereocenters. The molecule has 358 valence electrons. The Morgan fingerprint density at radius 3 is 1.88 bits per heavy atom. The summed E-state index contributed by atoms with van der Waals surface area (Å²) in [4.78, 5) is 57.4. The van der Waals surface area contributed by atoms with Crippen molar-refractivity contribution >= 4 is 26.8 Å². The molecule has 20 nitrogen and oxygen atoms in total. The van der Waals surface area contributed by atoms with Crippen molar-refractivity contribution in [3.8, 4) is 0 Å². The van der Waals surface area contributed by atoms with Gasteiger partial charge in [-0.15, -0.1) is 0 Å². The number of nitrogens with two attached hydrogens (primary N) is 1. The maximum Gasteiger partial charge on any atom is 0.333 e. The Labute approximate surface area is 376 Å². The van der Waals surface area contributed by atoms with Gasteiger partial charge in [-0.1, -0.05) is 65.9 Å². The molecule has 0 radical (unpaired) electrons. The molecule has 0 aliphatic carbocycles. The molecule has 0 saturated carbocycles. The minimum atomic E-state index is -4.30. The minimum Gasteiger partial charge on any atom is -0.414 e. The van der Waals surface area contributed by atoms with Crippen LogP contribution in [0.1, 0.15) is 104 Å². The molecule has 2 aromatic heterocycles. The Hall–Kier alpha value is -3.65. The molecule has 5 rings (SSSR count). The molecule has 3 aliphatic heterocycles. The Balaban J connectivity index is 1.36. The van der Waals surface area contributed by atoms with Gasteiger partial charge in [0.05, 0.1) is 36.5 Å². The van der Waals surface area contributed by atoms with Gasteiger partial charge in [-0.05, 0) is 68.5 Å². The highest BCUT2D eigenvalue weighted by molar-refractivity contribution is 7.90. The second-order valence-corrected chi connectivity index (χ2v) is 31.3. The summed E-state index contributed by atoms with van der Waals surface area (Å²) in [6.45, 7) is 23.3. The number of hydrogen-bond acceptors (Lipinski definition) is 14. The van der Waals surface area contributed by atoms with Gasteiger partial charge in [0.15, 0.2) is 28.5 Å². The molecule has 0 aromatic carbocycles. The highest BCUT2D eigenvalue weighted by Crippen LogP contribution is 2.52.